The SMILES string of the molecule is OCCCc1nc2cc(C(F)(F)F)ccc2n1Cc1ccccc1. The molecule has 1 N–H and O–H groups in total. The third-order valence-electron chi connectivity index (χ3n) is 3.90. The Kier molecular flexibility index (Phi) is 4.57. The first-order valence-electron chi connectivity index (χ1n) is 7.70. The van der Waals surface area contributed by atoms with Crippen molar-refractivity contribution < 1.29 is 18.3 Å². The second kappa shape index (κ2) is 6.65. The summed E-state index contributed by atoms with van der Waals surface area (Å²) in [7, 11) is 0. The van der Waals surface area contributed by atoms with Crippen LogP contribution in [-0.2, 0) is 19.1 Å². The molecule has 1 heterocycles. The lowest BCUT2D eigenvalue weighted by molar-refractivity contribution is -0.137. The summed E-state index contributed by atoms with van der Waals surface area (Å²) in [4.78, 5) is 4.37. The number of hydrogen-bond donors (Lipinski definition) is 1. The van der Waals surface area contributed by atoms with Gasteiger partial charge in [0, 0.05) is 19.6 Å². The minimum Gasteiger partial charge on any atom is -0.396 e. The molecule has 3 rings (SSSR count). The first-order chi connectivity index (χ1) is 11.5. The third-order valence-corrected chi connectivity index (χ3v) is 3.90. The van der Waals surface area contributed by atoms with Crippen molar-refractivity contribution in [1.29, 1.82) is 0 Å². The molecule has 0 unspecified atom stereocenters. The maximum atomic E-state index is 12.9. The second-order valence-corrected chi connectivity index (χ2v) is 5.63. The molecule has 6 heteroatoms. The standard InChI is InChI=1S/C18H17F3N2O/c19-18(20,21)14-8-9-16-15(11-14)22-17(7-4-10-24)23(16)12-13-5-2-1-3-6-13/h1-3,5-6,8-9,11,24H,4,7,10,12H2. The molecule has 0 radical (unpaired) electrons. The van der Waals surface area contributed by atoms with Crippen molar-refractivity contribution in [3.8, 4) is 0 Å². The number of halogens is 3. The van der Waals surface area contributed by atoms with Crippen LogP contribution >= 0.6 is 0 Å². The third kappa shape index (κ3) is 3.43. The number of imidazole rings is 1. The van der Waals surface area contributed by atoms with Crippen LogP contribution in [0.3, 0.4) is 0 Å². The van der Waals surface area contributed by atoms with Gasteiger partial charge in [-0.3, -0.25) is 0 Å². The fourth-order valence-corrected chi connectivity index (χ4v) is 2.73. The van der Waals surface area contributed by atoms with E-state index in [-0.39, 0.29) is 6.61 Å². The van der Waals surface area contributed by atoms with Gasteiger partial charge in [-0.1, -0.05) is 30.3 Å². The lowest BCUT2D eigenvalue weighted by Gasteiger charge is -2.10. The molecule has 3 aromatic rings. The fourth-order valence-electron chi connectivity index (χ4n) is 2.73. The number of rotatable bonds is 5. The topological polar surface area (TPSA) is 38.1 Å². The number of alkyl halides is 3. The van der Waals surface area contributed by atoms with Gasteiger partial charge in [-0.05, 0) is 30.2 Å². The second-order valence-electron chi connectivity index (χ2n) is 5.63. The monoisotopic (exact) mass is 334 g/mol. The van der Waals surface area contributed by atoms with Crippen LogP contribution < -0.4 is 0 Å². The van der Waals surface area contributed by atoms with Gasteiger partial charge in [-0.2, -0.15) is 13.2 Å². The van der Waals surface area contributed by atoms with Gasteiger partial charge < -0.3 is 9.67 Å². The van der Waals surface area contributed by atoms with Gasteiger partial charge >= 0.3 is 6.18 Å². The first kappa shape index (κ1) is 16.5. The van der Waals surface area contributed by atoms with Crippen molar-refractivity contribution in [3.05, 3.63) is 65.5 Å². The van der Waals surface area contributed by atoms with Gasteiger partial charge in [-0.25, -0.2) is 4.98 Å². The average molecular weight is 334 g/mol. The Balaban J connectivity index is 2.06. The van der Waals surface area contributed by atoms with Crippen LogP contribution in [0.15, 0.2) is 48.5 Å². The van der Waals surface area contributed by atoms with Gasteiger partial charge in [-0.15, -0.1) is 0 Å². The van der Waals surface area contributed by atoms with E-state index in [4.69, 9.17) is 5.11 Å². The quantitative estimate of drug-likeness (QED) is 0.765. The summed E-state index contributed by atoms with van der Waals surface area (Å²) in [5, 5.41) is 9.05. The smallest absolute Gasteiger partial charge is 0.396 e. The highest BCUT2D eigenvalue weighted by Crippen LogP contribution is 2.31. The lowest BCUT2D eigenvalue weighted by atomic mass is 10.2. The van der Waals surface area contributed by atoms with Crippen LogP contribution in [0.5, 0.6) is 0 Å². The summed E-state index contributed by atoms with van der Waals surface area (Å²) in [5.41, 5.74) is 1.34. The minimum absolute atomic E-state index is 0.0162. The van der Waals surface area contributed by atoms with Crippen molar-refractivity contribution in [1.82, 2.24) is 9.55 Å². The minimum atomic E-state index is -4.39. The molecule has 0 saturated carbocycles. The summed E-state index contributed by atoms with van der Waals surface area (Å²) < 4.78 is 40.6. The van der Waals surface area contributed by atoms with Gasteiger partial charge in [0.1, 0.15) is 5.82 Å². The summed E-state index contributed by atoms with van der Waals surface area (Å²) in [5.74, 6) is 0.683. The molecule has 2 aromatic carbocycles. The zero-order chi connectivity index (χ0) is 17.2. The maximum Gasteiger partial charge on any atom is 0.416 e. The predicted octanol–water partition coefficient (Wildman–Crippen LogP) is 4.03. The van der Waals surface area contributed by atoms with E-state index >= 15 is 0 Å². The maximum absolute atomic E-state index is 12.9. The molecule has 0 aliphatic rings. The molecule has 126 valence electrons. The Morgan fingerprint density at radius 3 is 2.46 bits per heavy atom. The van der Waals surface area contributed by atoms with Gasteiger partial charge in [0.05, 0.1) is 16.6 Å². The molecule has 0 spiro atoms. The van der Waals surface area contributed by atoms with E-state index in [1.807, 2.05) is 34.9 Å². The van der Waals surface area contributed by atoms with Crippen LogP contribution in [-0.4, -0.2) is 21.3 Å². The van der Waals surface area contributed by atoms with E-state index in [0.29, 0.717) is 36.2 Å². The van der Waals surface area contributed by atoms with E-state index in [9.17, 15) is 13.2 Å². The van der Waals surface area contributed by atoms with Crippen molar-refractivity contribution in [2.45, 2.75) is 25.6 Å². The van der Waals surface area contributed by atoms with E-state index < -0.39 is 11.7 Å². The molecule has 3 nitrogen and oxygen atoms in total. The van der Waals surface area contributed by atoms with Crippen LogP contribution in [0.4, 0.5) is 13.2 Å². The lowest BCUT2D eigenvalue weighted by Crippen LogP contribution is -2.06. The summed E-state index contributed by atoms with van der Waals surface area (Å²) in [6, 6.07) is 13.3. The molecule has 24 heavy (non-hydrogen) atoms. The number of nitrogens with zero attached hydrogens (tertiary/aromatic N) is 2. The van der Waals surface area contributed by atoms with Crippen LogP contribution in [0.1, 0.15) is 23.4 Å². The van der Waals surface area contributed by atoms with E-state index in [1.54, 1.807) is 0 Å². The van der Waals surface area contributed by atoms with Crippen molar-refractivity contribution >= 4 is 11.0 Å². The molecule has 0 aliphatic heterocycles. The van der Waals surface area contributed by atoms with E-state index in [0.717, 1.165) is 17.7 Å². The van der Waals surface area contributed by atoms with Crippen molar-refractivity contribution in [2.24, 2.45) is 0 Å². The van der Waals surface area contributed by atoms with E-state index in [2.05, 4.69) is 4.98 Å². The first-order valence-corrected chi connectivity index (χ1v) is 7.70. The summed E-state index contributed by atoms with van der Waals surface area (Å²) >= 11 is 0. The molecular weight excluding hydrogens is 317 g/mol. The normalized spacial score (nSPS) is 12.0. The Morgan fingerprint density at radius 1 is 1.04 bits per heavy atom. The summed E-state index contributed by atoms with van der Waals surface area (Å²) in [6.45, 7) is 0.547. The van der Waals surface area contributed by atoms with Gasteiger partial charge in [0.25, 0.3) is 0 Å². The van der Waals surface area contributed by atoms with Gasteiger partial charge in [0.2, 0.25) is 0 Å². The molecule has 0 fully saturated rings. The Bertz CT molecular complexity index is 825. The van der Waals surface area contributed by atoms with E-state index in [1.165, 1.54) is 6.07 Å². The molecule has 0 aliphatic carbocycles. The molecule has 0 atom stereocenters. The number of aryl methyl sites for hydroxylation is 1. The Labute approximate surface area is 137 Å². The zero-order valence-corrected chi connectivity index (χ0v) is 12.9. The Morgan fingerprint density at radius 2 is 1.79 bits per heavy atom. The largest absolute Gasteiger partial charge is 0.416 e. The van der Waals surface area contributed by atoms with Crippen LogP contribution in [0, 0.1) is 0 Å². The number of aliphatic hydroxyl groups excluding tert-OH is 1. The van der Waals surface area contributed by atoms with Crippen LogP contribution in [0.25, 0.3) is 11.0 Å². The fraction of sp³-hybridized carbons (Fsp3) is 0.278. The highest BCUT2D eigenvalue weighted by molar-refractivity contribution is 5.77. The molecular formula is C18H17F3N2O. The number of hydrogen-bond acceptors (Lipinski definition) is 2. The predicted molar refractivity (Wildman–Crippen MR) is 85.7 cm³/mol. The number of fused-ring (bicyclic) bond motifs is 1. The number of aromatic nitrogens is 2. The molecule has 0 saturated heterocycles. The average Bonchev–Trinajstić information content (AvgIpc) is 2.90. The highest BCUT2D eigenvalue weighted by Gasteiger charge is 2.31. The van der Waals surface area contributed by atoms with Crippen molar-refractivity contribution in [2.75, 3.05) is 6.61 Å². The zero-order valence-electron chi connectivity index (χ0n) is 12.9. The van der Waals surface area contributed by atoms with Gasteiger partial charge in [0.15, 0.2) is 0 Å². The number of benzene rings is 2. The Hall–Kier alpha value is -2.34. The van der Waals surface area contributed by atoms with Crippen LogP contribution in [0.2, 0.25) is 0 Å². The highest BCUT2D eigenvalue weighted by atomic mass is 19.4. The molecule has 1 aromatic heterocycles. The molecule has 0 amide bonds. The number of aliphatic hydroxyl groups is 1. The van der Waals surface area contributed by atoms with Crippen molar-refractivity contribution in [3.63, 3.8) is 0 Å². The summed E-state index contributed by atoms with van der Waals surface area (Å²) in [6.07, 6.45) is -3.35. The molecule has 0 bridgehead atoms.